The number of amides is 2. The highest BCUT2D eigenvalue weighted by molar-refractivity contribution is 6.20. The summed E-state index contributed by atoms with van der Waals surface area (Å²) in [7, 11) is 0. The van der Waals surface area contributed by atoms with E-state index in [9.17, 15) is 4.79 Å². The van der Waals surface area contributed by atoms with Crippen molar-refractivity contribution >= 4 is 34.0 Å². The first-order valence-corrected chi connectivity index (χ1v) is 11.6. The van der Waals surface area contributed by atoms with E-state index in [-0.39, 0.29) is 6.03 Å². The minimum Gasteiger partial charge on any atom is -0.371 e. The fourth-order valence-electron chi connectivity index (χ4n) is 5.32. The van der Waals surface area contributed by atoms with Crippen LogP contribution < -0.4 is 15.3 Å². The van der Waals surface area contributed by atoms with Gasteiger partial charge in [-0.3, -0.25) is 5.01 Å². The Balaban J connectivity index is 1.26. The number of hydrogen-bond donors (Lipinski definition) is 2. The normalized spacial score (nSPS) is 18.8. The Morgan fingerprint density at radius 1 is 0.969 bits per heavy atom. The number of nitrogens with zero attached hydrogens (tertiary/aromatic N) is 3. The topological polar surface area (TPSA) is 63.7 Å². The molecule has 0 spiro atoms. The quantitative estimate of drug-likeness (QED) is 0.623. The molecule has 162 valence electrons. The zero-order valence-corrected chi connectivity index (χ0v) is 18.1. The van der Waals surface area contributed by atoms with Crippen molar-refractivity contribution in [3.63, 3.8) is 0 Å². The number of carbonyl (C=O) groups excluding carboxylic acids is 1. The lowest BCUT2D eigenvalue weighted by molar-refractivity contribution is 0.248. The van der Waals surface area contributed by atoms with Crippen molar-refractivity contribution in [2.24, 2.45) is 4.99 Å². The average Bonchev–Trinajstić information content (AvgIpc) is 3.41. The molecule has 3 aliphatic rings. The molecule has 2 amide bonds. The van der Waals surface area contributed by atoms with Crippen LogP contribution in [-0.4, -0.2) is 36.4 Å². The summed E-state index contributed by atoms with van der Waals surface area (Å²) in [5.74, 6) is 0. The Morgan fingerprint density at radius 3 is 2.72 bits per heavy atom. The largest absolute Gasteiger partial charge is 0.371 e. The minimum atomic E-state index is -0.334. The molecule has 1 aromatic heterocycles. The first kappa shape index (κ1) is 19.2. The number of hydrazine groups is 1. The van der Waals surface area contributed by atoms with Crippen molar-refractivity contribution in [3.05, 3.63) is 71.4 Å². The van der Waals surface area contributed by atoms with Crippen LogP contribution in [0.25, 0.3) is 10.9 Å². The van der Waals surface area contributed by atoms with Gasteiger partial charge in [-0.05, 0) is 50.0 Å². The summed E-state index contributed by atoms with van der Waals surface area (Å²) in [5.41, 5.74) is 10.7. The molecule has 0 radical (unpaired) electrons. The van der Waals surface area contributed by atoms with E-state index in [1.807, 2.05) is 23.2 Å². The van der Waals surface area contributed by atoms with Crippen LogP contribution in [0.4, 0.5) is 16.2 Å². The van der Waals surface area contributed by atoms with Gasteiger partial charge in [0.15, 0.2) is 0 Å². The van der Waals surface area contributed by atoms with Gasteiger partial charge in [-0.15, -0.1) is 0 Å². The van der Waals surface area contributed by atoms with Gasteiger partial charge in [0, 0.05) is 59.5 Å². The van der Waals surface area contributed by atoms with E-state index in [1.54, 1.807) is 0 Å². The van der Waals surface area contributed by atoms with Crippen molar-refractivity contribution in [3.8, 4) is 0 Å². The molecular weight excluding hydrogens is 398 g/mol. The number of para-hydroxylation sites is 1. The van der Waals surface area contributed by atoms with E-state index < -0.39 is 0 Å². The molecule has 1 saturated heterocycles. The first-order valence-electron chi connectivity index (χ1n) is 11.6. The highest BCUT2D eigenvalue weighted by Crippen LogP contribution is 2.36. The van der Waals surface area contributed by atoms with Crippen molar-refractivity contribution in [2.45, 2.75) is 32.1 Å². The number of carbonyl (C=O) groups is 1. The van der Waals surface area contributed by atoms with Gasteiger partial charge in [0.25, 0.3) is 0 Å². The number of piperidine rings is 1. The molecule has 6 nitrogen and oxygen atoms in total. The molecular formula is C26H27N5O. The van der Waals surface area contributed by atoms with Crippen molar-refractivity contribution in [1.82, 2.24) is 10.4 Å². The number of anilines is 2. The van der Waals surface area contributed by atoms with E-state index in [0.717, 1.165) is 60.3 Å². The van der Waals surface area contributed by atoms with Crippen molar-refractivity contribution in [2.75, 3.05) is 29.5 Å². The molecule has 2 aromatic carbocycles. The van der Waals surface area contributed by atoms with Crippen molar-refractivity contribution < 1.29 is 4.79 Å². The molecule has 0 saturated carbocycles. The summed E-state index contributed by atoms with van der Waals surface area (Å²) >= 11 is 0. The third kappa shape index (κ3) is 3.27. The molecule has 1 aliphatic carbocycles. The van der Waals surface area contributed by atoms with E-state index in [0.29, 0.717) is 5.71 Å². The highest BCUT2D eigenvalue weighted by atomic mass is 16.2. The van der Waals surface area contributed by atoms with Crippen LogP contribution in [0.5, 0.6) is 0 Å². The van der Waals surface area contributed by atoms with Crippen LogP contribution in [0.15, 0.2) is 59.6 Å². The van der Waals surface area contributed by atoms with Crippen LogP contribution in [0.2, 0.25) is 0 Å². The summed E-state index contributed by atoms with van der Waals surface area (Å²) in [5, 5.41) is 3.06. The molecule has 0 unspecified atom stereocenters. The summed E-state index contributed by atoms with van der Waals surface area (Å²) in [6.07, 6.45) is 9.60. The Hall–Kier alpha value is -3.54. The van der Waals surface area contributed by atoms with E-state index in [2.05, 4.69) is 56.7 Å². The van der Waals surface area contributed by atoms with Gasteiger partial charge < -0.3 is 9.88 Å². The number of urea groups is 1. The molecule has 32 heavy (non-hydrogen) atoms. The van der Waals surface area contributed by atoms with Gasteiger partial charge in [0.2, 0.25) is 0 Å². The summed E-state index contributed by atoms with van der Waals surface area (Å²) in [4.78, 5) is 23.4. The number of nitrogens with one attached hydrogen (secondary N) is 2. The van der Waals surface area contributed by atoms with E-state index in [4.69, 9.17) is 0 Å². The molecule has 6 rings (SSSR count). The number of rotatable bonds is 2. The molecule has 3 heterocycles. The standard InChI is InChI=1S/C26H27N5O/c32-26(28-22-11-6-10-21-25(22)18-8-2-3-9-20(18)27-21)29-31-17-14-19-23(12-7-13-24(19)31)30-15-4-1-5-16-30/h2-3,6-9,11-13,27H,1,4-5,10,14-17H2,(H,29,32). The molecule has 2 N–H and O–H groups in total. The fraction of sp³-hybridized carbons (Fsp3) is 0.308. The van der Waals surface area contributed by atoms with Gasteiger partial charge >= 0.3 is 6.03 Å². The molecule has 2 aliphatic heterocycles. The van der Waals surface area contributed by atoms with Crippen LogP contribution >= 0.6 is 0 Å². The number of allylic oxidation sites excluding steroid dienone is 2. The SMILES string of the molecule is O=C(N=C1C=CCc2[nH]c3ccccc3c21)NN1CCc2c(N3CCCCC3)cccc21. The van der Waals surface area contributed by atoms with Crippen LogP contribution in [-0.2, 0) is 12.8 Å². The van der Waals surface area contributed by atoms with Gasteiger partial charge in [-0.2, -0.15) is 4.99 Å². The zero-order chi connectivity index (χ0) is 21.5. The number of aromatic nitrogens is 1. The first-order chi connectivity index (χ1) is 15.8. The maximum atomic E-state index is 12.9. The molecule has 1 fully saturated rings. The lowest BCUT2D eigenvalue weighted by Gasteiger charge is -2.30. The number of H-pyrrole nitrogens is 1. The highest BCUT2D eigenvalue weighted by Gasteiger charge is 2.26. The minimum absolute atomic E-state index is 0.334. The van der Waals surface area contributed by atoms with Crippen molar-refractivity contribution in [1.29, 1.82) is 0 Å². The fourth-order valence-corrected chi connectivity index (χ4v) is 5.32. The Bertz CT molecular complexity index is 1250. The zero-order valence-electron chi connectivity index (χ0n) is 18.1. The third-order valence-electron chi connectivity index (χ3n) is 6.79. The summed E-state index contributed by atoms with van der Waals surface area (Å²) in [6, 6.07) is 14.3. The smallest absolute Gasteiger partial charge is 0.360 e. The predicted molar refractivity (Wildman–Crippen MR) is 130 cm³/mol. The number of hydrogen-bond acceptors (Lipinski definition) is 3. The van der Waals surface area contributed by atoms with E-state index >= 15 is 0 Å². The van der Waals surface area contributed by atoms with Gasteiger partial charge in [0.05, 0.1) is 11.4 Å². The van der Waals surface area contributed by atoms with Gasteiger partial charge in [-0.1, -0.05) is 30.3 Å². The number of aliphatic imine (C=N–C) groups is 1. The molecule has 0 atom stereocenters. The van der Waals surface area contributed by atoms with Crippen LogP contribution in [0.1, 0.15) is 36.1 Å². The third-order valence-corrected chi connectivity index (χ3v) is 6.79. The Kier molecular flexibility index (Phi) is 4.71. The molecule has 6 heteroatoms. The second-order valence-corrected chi connectivity index (χ2v) is 8.77. The van der Waals surface area contributed by atoms with Gasteiger partial charge in [-0.25, -0.2) is 10.2 Å². The van der Waals surface area contributed by atoms with Gasteiger partial charge in [0.1, 0.15) is 0 Å². The number of benzene rings is 2. The summed E-state index contributed by atoms with van der Waals surface area (Å²) in [6.45, 7) is 3.01. The Labute approximate surface area is 187 Å². The Morgan fingerprint density at radius 2 is 1.81 bits per heavy atom. The van der Waals surface area contributed by atoms with Crippen LogP contribution in [0.3, 0.4) is 0 Å². The maximum absolute atomic E-state index is 12.9. The number of aromatic amines is 1. The molecule has 3 aromatic rings. The second-order valence-electron chi connectivity index (χ2n) is 8.77. The second kappa shape index (κ2) is 7.86. The lowest BCUT2D eigenvalue weighted by Crippen LogP contribution is -2.40. The number of fused-ring (bicyclic) bond motifs is 4. The monoisotopic (exact) mass is 425 g/mol. The lowest BCUT2D eigenvalue weighted by atomic mass is 9.99. The average molecular weight is 426 g/mol. The summed E-state index contributed by atoms with van der Waals surface area (Å²) < 4.78 is 0. The molecule has 0 bridgehead atoms. The van der Waals surface area contributed by atoms with Crippen LogP contribution in [0, 0.1) is 0 Å². The van der Waals surface area contributed by atoms with E-state index in [1.165, 1.54) is 30.5 Å². The maximum Gasteiger partial charge on any atom is 0.360 e. The predicted octanol–water partition coefficient (Wildman–Crippen LogP) is 4.75.